The number of carbonyl (C=O) groups is 1. The molecule has 174 valence electrons. The number of benzene rings is 1. The Bertz CT molecular complexity index is 900. The number of rotatable bonds is 4. The molecule has 6 rings (SSSR count). The van der Waals surface area contributed by atoms with Crippen molar-refractivity contribution in [1.82, 2.24) is 4.90 Å². The molecule has 3 saturated heterocycles. The molecular weight excluding hydrogens is 404 g/mol. The monoisotopic (exact) mass is 440 g/mol. The van der Waals surface area contributed by atoms with Crippen molar-refractivity contribution in [3.05, 3.63) is 24.3 Å². The van der Waals surface area contributed by atoms with Crippen molar-refractivity contribution in [3.63, 3.8) is 0 Å². The second-order valence-corrected chi connectivity index (χ2v) is 11.0. The van der Waals surface area contributed by atoms with E-state index in [1.54, 1.807) is 7.11 Å². The minimum absolute atomic E-state index is 0.0191. The summed E-state index contributed by atoms with van der Waals surface area (Å²) in [5.74, 6) is 2.30. The van der Waals surface area contributed by atoms with Crippen molar-refractivity contribution in [1.29, 1.82) is 0 Å². The smallest absolute Gasteiger partial charge is 0.311 e. The van der Waals surface area contributed by atoms with E-state index >= 15 is 0 Å². The van der Waals surface area contributed by atoms with Gasteiger partial charge in [0.05, 0.1) is 24.3 Å². The van der Waals surface area contributed by atoms with Gasteiger partial charge in [0, 0.05) is 44.6 Å². The average Bonchev–Trinajstić information content (AvgIpc) is 3.44. The fraction of sp³-hybridized carbons (Fsp3) is 0.731. The predicted octanol–water partition coefficient (Wildman–Crippen LogP) is 3.34. The van der Waals surface area contributed by atoms with E-state index in [0.29, 0.717) is 17.8 Å². The molecule has 1 spiro atoms. The lowest BCUT2D eigenvalue weighted by Gasteiger charge is -2.50. The summed E-state index contributed by atoms with van der Waals surface area (Å²) >= 11 is 0. The molecule has 2 saturated carbocycles. The molecule has 1 aromatic carbocycles. The number of epoxide rings is 1. The van der Waals surface area contributed by atoms with E-state index in [4.69, 9.17) is 14.2 Å². The molecule has 3 heterocycles. The number of hydrogen-bond acceptors (Lipinski definition) is 6. The molecule has 0 aromatic heterocycles. The molecule has 3 aliphatic heterocycles. The molecule has 5 aliphatic rings. The van der Waals surface area contributed by atoms with E-state index in [1.807, 2.05) is 12.1 Å². The summed E-state index contributed by atoms with van der Waals surface area (Å²) in [6, 6.07) is 8.23. The van der Waals surface area contributed by atoms with E-state index < -0.39 is 0 Å². The van der Waals surface area contributed by atoms with Crippen LogP contribution in [0.1, 0.15) is 39.5 Å². The summed E-state index contributed by atoms with van der Waals surface area (Å²) in [6.45, 7) is 9.19. The standard InChI is InChI=1S/C26H36N2O4/c1-17-8-9-20-18(23(29)31-26(20)19(17)10-11-25(2)24(26)32-25)16-27-12-14-28(15-13-27)21-6-4-5-7-22(21)30-3/h4-7,17-20,24H,8-16H2,1-3H3/t17-,18+,19-,20+,24+,25+,26+/m1/s1. The second kappa shape index (κ2) is 7.36. The molecule has 6 heteroatoms. The van der Waals surface area contributed by atoms with Crippen molar-refractivity contribution in [2.24, 2.45) is 23.7 Å². The van der Waals surface area contributed by atoms with Crippen LogP contribution in [-0.4, -0.2) is 68.0 Å². The minimum Gasteiger partial charge on any atom is -0.495 e. The normalized spacial score (nSPS) is 43.2. The number of esters is 1. The molecule has 32 heavy (non-hydrogen) atoms. The van der Waals surface area contributed by atoms with E-state index in [2.05, 4.69) is 35.8 Å². The van der Waals surface area contributed by atoms with Crippen LogP contribution in [0.3, 0.4) is 0 Å². The highest BCUT2D eigenvalue weighted by atomic mass is 16.7. The Morgan fingerprint density at radius 3 is 2.66 bits per heavy atom. The molecule has 5 fully saturated rings. The fourth-order valence-electron chi connectivity index (χ4n) is 7.60. The Morgan fingerprint density at radius 1 is 1.09 bits per heavy atom. The Morgan fingerprint density at radius 2 is 1.88 bits per heavy atom. The van der Waals surface area contributed by atoms with Crippen LogP contribution in [0.5, 0.6) is 5.75 Å². The summed E-state index contributed by atoms with van der Waals surface area (Å²) in [4.78, 5) is 18.1. The van der Waals surface area contributed by atoms with Gasteiger partial charge in [-0.25, -0.2) is 0 Å². The minimum atomic E-state index is -0.369. The molecule has 1 aromatic rings. The van der Waals surface area contributed by atoms with Crippen LogP contribution in [0.2, 0.25) is 0 Å². The lowest BCUT2D eigenvalue weighted by Crippen LogP contribution is -2.58. The van der Waals surface area contributed by atoms with E-state index in [0.717, 1.165) is 63.4 Å². The first kappa shape index (κ1) is 20.8. The lowest BCUT2D eigenvalue weighted by molar-refractivity contribution is -0.168. The number of hydrogen-bond donors (Lipinski definition) is 0. The summed E-state index contributed by atoms with van der Waals surface area (Å²) in [5.41, 5.74) is 0.720. The molecule has 0 amide bonds. The first-order chi connectivity index (χ1) is 15.5. The highest BCUT2D eigenvalue weighted by Gasteiger charge is 2.77. The molecule has 6 nitrogen and oxygen atoms in total. The molecule has 0 N–H and O–H groups in total. The Balaban J connectivity index is 1.17. The molecule has 0 unspecified atom stereocenters. The van der Waals surface area contributed by atoms with Gasteiger partial charge in [0.15, 0.2) is 0 Å². The fourth-order valence-corrected chi connectivity index (χ4v) is 7.60. The van der Waals surface area contributed by atoms with Crippen molar-refractivity contribution in [3.8, 4) is 5.75 Å². The van der Waals surface area contributed by atoms with E-state index in [1.165, 1.54) is 6.42 Å². The largest absolute Gasteiger partial charge is 0.495 e. The van der Waals surface area contributed by atoms with Gasteiger partial charge in [-0.15, -0.1) is 0 Å². The number of piperazine rings is 1. The van der Waals surface area contributed by atoms with Gasteiger partial charge < -0.3 is 19.1 Å². The van der Waals surface area contributed by atoms with Crippen molar-refractivity contribution in [2.75, 3.05) is 44.7 Å². The highest BCUT2D eigenvalue weighted by molar-refractivity contribution is 5.77. The van der Waals surface area contributed by atoms with Crippen LogP contribution < -0.4 is 9.64 Å². The summed E-state index contributed by atoms with van der Waals surface area (Å²) < 4.78 is 18.2. The number of para-hydroxylation sites is 2. The van der Waals surface area contributed by atoms with Gasteiger partial charge in [-0.2, -0.15) is 0 Å². The first-order valence-corrected chi connectivity index (χ1v) is 12.5. The quantitative estimate of drug-likeness (QED) is 0.529. The third kappa shape index (κ3) is 2.95. The number of fused-ring (bicyclic) bond motifs is 1. The zero-order chi connectivity index (χ0) is 22.1. The van der Waals surface area contributed by atoms with Gasteiger partial charge in [0.25, 0.3) is 0 Å². The first-order valence-electron chi connectivity index (χ1n) is 12.5. The second-order valence-electron chi connectivity index (χ2n) is 11.0. The molecular formula is C26H36N2O4. The number of methoxy groups -OCH3 is 1. The van der Waals surface area contributed by atoms with Gasteiger partial charge in [0.2, 0.25) is 0 Å². The number of ether oxygens (including phenoxy) is 3. The van der Waals surface area contributed by atoms with Crippen LogP contribution in [0.4, 0.5) is 5.69 Å². The summed E-state index contributed by atoms with van der Waals surface area (Å²) in [7, 11) is 1.73. The lowest BCUT2D eigenvalue weighted by atomic mass is 9.55. The maximum Gasteiger partial charge on any atom is 0.311 e. The number of nitrogens with zero attached hydrogens (tertiary/aromatic N) is 2. The highest BCUT2D eigenvalue weighted by Crippen LogP contribution is 2.66. The van der Waals surface area contributed by atoms with Crippen molar-refractivity contribution < 1.29 is 19.0 Å². The zero-order valence-electron chi connectivity index (χ0n) is 19.6. The maximum atomic E-state index is 13.3. The van der Waals surface area contributed by atoms with Crippen molar-refractivity contribution in [2.45, 2.75) is 56.8 Å². The molecule has 2 aliphatic carbocycles. The predicted molar refractivity (Wildman–Crippen MR) is 122 cm³/mol. The maximum absolute atomic E-state index is 13.3. The topological polar surface area (TPSA) is 54.5 Å². The molecule has 0 radical (unpaired) electrons. The van der Waals surface area contributed by atoms with Gasteiger partial charge in [0.1, 0.15) is 17.5 Å². The van der Waals surface area contributed by atoms with E-state index in [9.17, 15) is 4.79 Å². The van der Waals surface area contributed by atoms with Gasteiger partial charge in [-0.3, -0.25) is 9.69 Å². The number of carbonyl (C=O) groups excluding carboxylic acids is 1. The molecule has 0 bridgehead atoms. The Labute approximate surface area is 191 Å². The zero-order valence-corrected chi connectivity index (χ0v) is 19.6. The SMILES string of the molecule is COc1ccccc1N1CCN(C[C@@H]2C(=O)O[C@]34[C@H](CC[C@]5(C)O[C@H]35)[C@H](C)CC[C@@H]24)CC1. The van der Waals surface area contributed by atoms with Crippen LogP contribution in [-0.2, 0) is 14.3 Å². The van der Waals surface area contributed by atoms with Crippen molar-refractivity contribution >= 4 is 11.7 Å². The third-order valence-electron chi connectivity index (χ3n) is 9.34. The molecule has 7 atom stereocenters. The summed E-state index contributed by atoms with van der Waals surface area (Å²) in [5, 5.41) is 0. The average molecular weight is 441 g/mol. The van der Waals surface area contributed by atoms with E-state index in [-0.39, 0.29) is 29.2 Å². The third-order valence-corrected chi connectivity index (χ3v) is 9.34. The Hall–Kier alpha value is -1.79. The van der Waals surface area contributed by atoms with Gasteiger partial charge >= 0.3 is 5.97 Å². The van der Waals surface area contributed by atoms with Crippen LogP contribution >= 0.6 is 0 Å². The van der Waals surface area contributed by atoms with Gasteiger partial charge in [-0.1, -0.05) is 19.1 Å². The Kier molecular flexibility index (Phi) is 4.78. The summed E-state index contributed by atoms with van der Waals surface area (Å²) in [6.07, 6.45) is 4.63. The van der Waals surface area contributed by atoms with Crippen LogP contribution in [0.25, 0.3) is 0 Å². The number of anilines is 1. The van der Waals surface area contributed by atoms with Crippen LogP contribution in [0, 0.1) is 23.7 Å². The van der Waals surface area contributed by atoms with Gasteiger partial charge in [-0.05, 0) is 50.7 Å². The van der Waals surface area contributed by atoms with Crippen LogP contribution in [0.15, 0.2) is 24.3 Å².